The SMILES string of the molecule is CCOC(=O)[C@H](CCc1ccccc1)NC(C)C(=O)N1CCC[C@H]1C(=O)OC. The Bertz CT molecular complexity index is 664. The molecule has 1 saturated heterocycles. The second kappa shape index (κ2) is 10.8. The maximum atomic E-state index is 12.9. The van der Waals surface area contributed by atoms with Gasteiger partial charge in [0.1, 0.15) is 12.1 Å². The van der Waals surface area contributed by atoms with Gasteiger partial charge in [-0.1, -0.05) is 30.3 Å². The third kappa shape index (κ3) is 5.79. The zero-order valence-electron chi connectivity index (χ0n) is 16.8. The van der Waals surface area contributed by atoms with E-state index >= 15 is 0 Å². The molecule has 0 aliphatic carbocycles. The van der Waals surface area contributed by atoms with Crippen LogP contribution in [0.25, 0.3) is 0 Å². The lowest BCUT2D eigenvalue weighted by atomic mass is 10.0. The Morgan fingerprint density at radius 2 is 1.96 bits per heavy atom. The van der Waals surface area contributed by atoms with Crippen LogP contribution in [0.4, 0.5) is 0 Å². The molecule has 1 amide bonds. The number of likely N-dealkylation sites (tertiary alicyclic amines) is 1. The van der Waals surface area contributed by atoms with Gasteiger partial charge in [-0.3, -0.25) is 14.9 Å². The van der Waals surface area contributed by atoms with Crippen molar-refractivity contribution in [1.82, 2.24) is 10.2 Å². The van der Waals surface area contributed by atoms with Gasteiger partial charge in [-0.05, 0) is 45.1 Å². The van der Waals surface area contributed by atoms with Gasteiger partial charge in [0.15, 0.2) is 0 Å². The molecule has 0 saturated carbocycles. The highest BCUT2D eigenvalue weighted by Gasteiger charge is 2.37. The lowest BCUT2D eigenvalue weighted by Crippen LogP contribution is -2.53. The third-order valence-electron chi connectivity index (χ3n) is 4.97. The number of rotatable bonds is 9. The molecule has 0 spiro atoms. The first-order valence-electron chi connectivity index (χ1n) is 9.82. The standard InChI is InChI=1S/C21H30N2O5/c1-4-28-20(25)17(13-12-16-9-6-5-7-10-16)22-15(2)19(24)23-14-8-11-18(23)21(26)27-3/h5-7,9-10,15,17-18,22H,4,8,11-14H2,1-3H3/t15?,17-,18-/m0/s1. The Labute approximate surface area is 166 Å². The van der Waals surface area contributed by atoms with Gasteiger partial charge in [-0.25, -0.2) is 4.79 Å². The summed E-state index contributed by atoms with van der Waals surface area (Å²) in [5.74, 6) is -0.977. The summed E-state index contributed by atoms with van der Waals surface area (Å²) in [5.41, 5.74) is 1.11. The van der Waals surface area contributed by atoms with Gasteiger partial charge in [-0.15, -0.1) is 0 Å². The summed E-state index contributed by atoms with van der Waals surface area (Å²) in [5, 5.41) is 3.11. The van der Waals surface area contributed by atoms with Crippen molar-refractivity contribution in [3.05, 3.63) is 35.9 Å². The number of esters is 2. The first-order chi connectivity index (χ1) is 13.5. The number of nitrogens with zero attached hydrogens (tertiary/aromatic N) is 1. The third-order valence-corrected chi connectivity index (χ3v) is 4.97. The van der Waals surface area contributed by atoms with Crippen molar-refractivity contribution >= 4 is 17.8 Å². The maximum Gasteiger partial charge on any atom is 0.328 e. The van der Waals surface area contributed by atoms with Gasteiger partial charge >= 0.3 is 11.9 Å². The van der Waals surface area contributed by atoms with E-state index < -0.39 is 24.1 Å². The Morgan fingerprint density at radius 3 is 2.61 bits per heavy atom. The van der Waals surface area contributed by atoms with E-state index in [1.165, 1.54) is 7.11 Å². The summed E-state index contributed by atoms with van der Waals surface area (Å²) in [6.45, 7) is 4.26. The van der Waals surface area contributed by atoms with Gasteiger partial charge < -0.3 is 14.4 Å². The summed E-state index contributed by atoms with van der Waals surface area (Å²) >= 11 is 0. The van der Waals surface area contributed by atoms with E-state index in [0.29, 0.717) is 25.8 Å². The van der Waals surface area contributed by atoms with Gasteiger partial charge in [0.25, 0.3) is 0 Å². The zero-order valence-corrected chi connectivity index (χ0v) is 16.8. The Morgan fingerprint density at radius 1 is 1.25 bits per heavy atom. The van der Waals surface area contributed by atoms with Crippen LogP contribution in [-0.2, 0) is 30.3 Å². The van der Waals surface area contributed by atoms with Crippen LogP contribution in [0.2, 0.25) is 0 Å². The average Bonchev–Trinajstić information content (AvgIpc) is 3.20. The molecule has 1 aromatic rings. The zero-order chi connectivity index (χ0) is 20.5. The van der Waals surface area contributed by atoms with E-state index in [2.05, 4.69) is 5.32 Å². The molecule has 2 rings (SSSR count). The summed E-state index contributed by atoms with van der Waals surface area (Å²) < 4.78 is 9.98. The maximum absolute atomic E-state index is 12.9. The predicted molar refractivity (Wildman–Crippen MR) is 105 cm³/mol. The number of benzene rings is 1. The fraction of sp³-hybridized carbons (Fsp3) is 0.571. The van der Waals surface area contributed by atoms with Crippen molar-refractivity contribution in [2.24, 2.45) is 0 Å². The van der Waals surface area contributed by atoms with Crippen LogP contribution in [0.15, 0.2) is 30.3 Å². The van der Waals surface area contributed by atoms with E-state index in [1.807, 2.05) is 30.3 Å². The summed E-state index contributed by atoms with van der Waals surface area (Å²) in [4.78, 5) is 38.7. The molecule has 0 bridgehead atoms. The first-order valence-corrected chi connectivity index (χ1v) is 9.82. The number of amides is 1. The molecule has 1 fully saturated rings. The fourth-order valence-corrected chi connectivity index (χ4v) is 3.50. The molecule has 7 nitrogen and oxygen atoms in total. The number of methoxy groups -OCH3 is 1. The molecular formula is C21H30N2O5. The van der Waals surface area contributed by atoms with E-state index in [4.69, 9.17) is 9.47 Å². The average molecular weight is 390 g/mol. The van der Waals surface area contributed by atoms with Crippen LogP contribution in [0.3, 0.4) is 0 Å². The van der Waals surface area contributed by atoms with Crippen molar-refractivity contribution in [3.63, 3.8) is 0 Å². The van der Waals surface area contributed by atoms with Gasteiger partial charge in [0.05, 0.1) is 19.8 Å². The number of ether oxygens (including phenoxy) is 2. The Balaban J connectivity index is 2.01. The minimum absolute atomic E-state index is 0.207. The highest BCUT2D eigenvalue weighted by atomic mass is 16.5. The molecule has 1 aromatic carbocycles. The van der Waals surface area contributed by atoms with Crippen molar-refractivity contribution < 1.29 is 23.9 Å². The van der Waals surface area contributed by atoms with E-state index in [-0.39, 0.29) is 18.5 Å². The monoisotopic (exact) mass is 390 g/mol. The van der Waals surface area contributed by atoms with Crippen molar-refractivity contribution in [1.29, 1.82) is 0 Å². The summed E-state index contributed by atoms with van der Waals surface area (Å²) in [6.07, 6.45) is 2.56. The smallest absolute Gasteiger partial charge is 0.328 e. The molecule has 28 heavy (non-hydrogen) atoms. The van der Waals surface area contributed by atoms with Crippen LogP contribution < -0.4 is 5.32 Å². The molecule has 7 heteroatoms. The highest BCUT2D eigenvalue weighted by Crippen LogP contribution is 2.19. The minimum Gasteiger partial charge on any atom is -0.467 e. The molecule has 1 N–H and O–H groups in total. The lowest BCUT2D eigenvalue weighted by Gasteiger charge is -2.28. The van der Waals surface area contributed by atoms with Gasteiger partial charge in [0.2, 0.25) is 5.91 Å². The molecule has 1 heterocycles. The quantitative estimate of drug-likeness (QED) is 0.646. The first kappa shape index (κ1) is 21.9. The van der Waals surface area contributed by atoms with Gasteiger partial charge in [0, 0.05) is 6.54 Å². The number of hydrogen-bond donors (Lipinski definition) is 1. The molecule has 1 aliphatic rings. The highest BCUT2D eigenvalue weighted by molar-refractivity contribution is 5.88. The largest absolute Gasteiger partial charge is 0.467 e. The molecule has 1 aliphatic heterocycles. The van der Waals surface area contributed by atoms with E-state index in [0.717, 1.165) is 12.0 Å². The van der Waals surface area contributed by atoms with Crippen LogP contribution >= 0.6 is 0 Å². The summed E-state index contributed by atoms with van der Waals surface area (Å²) in [6, 6.07) is 8.09. The van der Waals surface area contributed by atoms with Crippen molar-refractivity contribution in [3.8, 4) is 0 Å². The second-order valence-corrected chi connectivity index (χ2v) is 6.93. The number of carbonyl (C=O) groups is 3. The van der Waals surface area contributed by atoms with Crippen LogP contribution in [0.1, 0.15) is 38.7 Å². The molecule has 0 radical (unpaired) electrons. The van der Waals surface area contributed by atoms with Gasteiger partial charge in [-0.2, -0.15) is 0 Å². The summed E-state index contributed by atoms with van der Waals surface area (Å²) in [7, 11) is 1.32. The second-order valence-electron chi connectivity index (χ2n) is 6.93. The van der Waals surface area contributed by atoms with E-state index in [1.54, 1.807) is 18.7 Å². The number of nitrogens with one attached hydrogen (secondary N) is 1. The molecule has 0 aromatic heterocycles. The minimum atomic E-state index is -0.615. The van der Waals surface area contributed by atoms with Crippen molar-refractivity contribution in [2.75, 3.05) is 20.3 Å². The molecule has 1 unspecified atom stereocenters. The fourth-order valence-electron chi connectivity index (χ4n) is 3.50. The predicted octanol–water partition coefficient (Wildman–Crippen LogP) is 1.69. The Kier molecular flexibility index (Phi) is 8.44. The number of hydrogen-bond acceptors (Lipinski definition) is 6. The number of aryl methyl sites for hydroxylation is 1. The van der Waals surface area contributed by atoms with E-state index in [9.17, 15) is 14.4 Å². The van der Waals surface area contributed by atoms with Crippen LogP contribution in [0, 0.1) is 0 Å². The Hall–Kier alpha value is -2.41. The molecule has 3 atom stereocenters. The molecule has 154 valence electrons. The number of carbonyl (C=O) groups excluding carboxylic acids is 3. The topological polar surface area (TPSA) is 84.9 Å². The van der Waals surface area contributed by atoms with Crippen LogP contribution in [0.5, 0.6) is 0 Å². The van der Waals surface area contributed by atoms with Crippen LogP contribution in [-0.4, -0.2) is 61.1 Å². The normalized spacial score (nSPS) is 18.4. The van der Waals surface area contributed by atoms with Crippen molar-refractivity contribution in [2.45, 2.75) is 57.7 Å². The molecular weight excluding hydrogens is 360 g/mol. The lowest BCUT2D eigenvalue weighted by molar-refractivity contribution is -0.152.